The van der Waals surface area contributed by atoms with Crippen molar-refractivity contribution in [1.82, 2.24) is 14.7 Å². The van der Waals surface area contributed by atoms with Crippen molar-refractivity contribution in [2.75, 3.05) is 46.4 Å². The van der Waals surface area contributed by atoms with E-state index in [2.05, 4.69) is 30.7 Å². The number of hydrogen-bond acceptors (Lipinski definition) is 4. The van der Waals surface area contributed by atoms with E-state index >= 15 is 0 Å². The Morgan fingerprint density at radius 2 is 1.70 bits per heavy atom. The van der Waals surface area contributed by atoms with Gasteiger partial charge in [-0.1, -0.05) is 31.4 Å². The summed E-state index contributed by atoms with van der Waals surface area (Å²) in [5.74, 6) is 0.614. The van der Waals surface area contributed by atoms with Gasteiger partial charge < -0.3 is 14.5 Å². The van der Waals surface area contributed by atoms with Gasteiger partial charge >= 0.3 is 6.09 Å². The van der Waals surface area contributed by atoms with Crippen LogP contribution in [0.15, 0.2) is 24.3 Å². The largest absolute Gasteiger partial charge is 0.447 e. The zero-order chi connectivity index (χ0) is 26.2. The predicted molar refractivity (Wildman–Crippen MR) is 142 cm³/mol. The summed E-state index contributed by atoms with van der Waals surface area (Å²) < 4.78 is 19.1. The standard InChI is InChI=1S/C30H44FN3O3/c1-29(2)21-37-28(36)34(29)20-30(23-7-5-4-6-8-23)14-17-33(18-15-30)27(35)25-13-16-32(3)19-26(25)22-9-11-24(31)12-10-22/h9-12,23,25-26H,4-8,13-21H2,1-3H3/t25-,26+/m0/s1. The van der Waals surface area contributed by atoms with Crippen molar-refractivity contribution < 1.29 is 18.7 Å². The summed E-state index contributed by atoms with van der Waals surface area (Å²) in [6.45, 7) is 8.59. The summed E-state index contributed by atoms with van der Waals surface area (Å²) in [4.78, 5) is 33.0. The van der Waals surface area contributed by atoms with Crippen LogP contribution in [0.1, 0.15) is 76.7 Å². The minimum Gasteiger partial charge on any atom is -0.447 e. The second kappa shape index (κ2) is 10.5. The lowest BCUT2D eigenvalue weighted by Crippen LogP contribution is -2.56. The van der Waals surface area contributed by atoms with Crippen molar-refractivity contribution in [2.24, 2.45) is 17.3 Å². The van der Waals surface area contributed by atoms with Crippen molar-refractivity contribution in [3.8, 4) is 0 Å². The number of ether oxygens (including phenoxy) is 1. The van der Waals surface area contributed by atoms with E-state index in [9.17, 15) is 14.0 Å². The maximum atomic E-state index is 13.9. The fourth-order valence-electron chi connectivity index (χ4n) is 7.51. The molecule has 3 heterocycles. The number of carbonyl (C=O) groups is 2. The van der Waals surface area contributed by atoms with E-state index in [0.29, 0.717) is 12.5 Å². The molecule has 0 aromatic heterocycles. The van der Waals surface area contributed by atoms with E-state index < -0.39 is 0 Å². The summed E-state index contributed by atoms with van der Waals surface area (Å²) in [6, 6.07) is 6.72. The highest BCUT2D eigenvalue weighted by atomic mass is 19.1. The number of hydrogen-bond donors (Lipinski definition) is 0. The molecule has 1 saturated carbocycles. The van der Waals surface area contributed by atoms with Crippen molar-refractivity contribution in [3.05, 3.63) is 35.6 Å². The molecule has 1 aromatic carbocycles. The topological polar surface area (TPSA) is 53.1 Å². The van der Waals surface area contributed by atoms with Crippen LogP contribution in [-0.2, 0) is 9.53 Å². The number of cyclic esters (lactones) is 1. The minimum atomic E-state index is -0.289. The van der Waals surface area contributed by atoms with Crippen LogP contribution in [0.3, 0.4) is 0 Å². The maximum Gasteiger partial charge on any atom is 0.410 e. The van der Waals surface area contributed by atoms with Crippen molar-refractivity contribution >= 4 is 12.0 Å². The van der Waals surface area contributed by atoms with E-state index in [-0.39, 0.29) is 40.6 Å². The van der Waals surface area contributed by atoms with Gasteiger partial charge in [-0.2, -0.15) is 0 Å². The number of carbonyl (C=O) groups excluding carboxylic acids is 2. The Bertz CT molecular complexity index is 967. The molecule has 37 heavy (non-hydrogen) atoms. The fourth-order valence-corrected chi connectivity index (χ4v) is 7.51. The van der Waals surface area contributed by atoms with E-state index in [1.165, 1.54) is 44.2 Å². The number of amides is 2. The van der Waals surface area contributed by atoms with Gasteiger partial charge in [0.25, 0.3) is 0 Å². The Morgan fingerprint density at radius 1 is 1.03 bits per heavy atom. The SMILES string of the molecule is CN1CC[C@H](C(=O)N2CCC(CN3C(=O)OCC3(C)C)(C3CCCCC3)CC2)[C@@H](c2ccc(F)cc2)C1. The number of rotatable bonds is 5. The molecule has 0 bridgehead atoms. The zero-order valence-corrected chi connectivity index (χ0v) is 22.9. The number of benzene rings is 1. The molecule has 0 unspecified atom stereocenters. The highest BCUT2D eigenvalue weighted by Gasteiger charge is 2.50. The number of piperidine rings is 2. The quantitative estimate of drug-likeness (QED) is 0.538. The first kappa shape index (κ1) is 26.5. The molecule has 7 heteroatoms. The normalized spacial score (nSPS) is 28.8. The third kappa shape index (κ3) is 5.39. The van der Waals surface area contributed by atoms with Gasteiger partial charge in [0.1, 0.15) is 12.4 Å². The van der Waals surface area contributed by atoms with Gasteiger partial charge in [-0.15, -0.1) is 0 Å². The lowest BCUT2D eigenvalue weighted by atomic mass is 9.63. The van der Waals surface area contributed by atoms with Crippen LogP contribution in [0.4, 0.5) is 9.18 Å². The Hall–Kier alpha value is -2.15. The molecule has 5 rings (SSSR count). The molecule has 2 atom stereocenters. The Kier molecular flexibility index (Phi) is 7.54. The highest BCUT2D eigenvalue weighted by Crippen LogP contribution is 2.48. The average Bonchev–Trinajstić information content (AvgIpc) is 3.16. The molecule has 4 aliphatic rings. The highest BCUT2D eigenvalue weighted by molar-refractivity contribution is 5.80. The molecule has 2 amide bonds. The molecule has 1 aliphatic carbocycles. The predicted octanol–water partition coefficient (Wildman–Crippen LogP) is 5.28. The first-order valence-electron chi connectivity index (χ1n) is 14.4. The summed E-state index contributed by atoms with van der Waals surface area (Å²) in [7, 11) is 2.10. The van der Waals surface area contributed by atoms with Gasteiger partial charge in [-0.3, -0.25) is 9.69 Å². The van der Waals surface area contributed by atoms with Crippen molar-refractivity contribution in [3.63, 3.8) is 0 Å². The summed E-state index contributed by atoms with van der Waals surface area (Å²) in [6.07, 6.45) is 8.79. The Balaban J connectivity index is 1.32. The third-order valence-corrected chi connectivity index (χ3v) is 9.95. The molecular weight excluding hydrogens is 469 g/mol. The van der Waals surface area contributed by atoms with Crippen LogP contribution in [-0.4, -0.2) is 78.6 Å². The van der Waals surface area contributed by atoms with E-state index in [0.717, 1.165) is 57.5 Å². The van der Waals surface area contributed by atoms with Crippen LogP contribution >= 0.6 is 0 Å². The van der Waals surface area contributed by atoms with Gasteiger partial charge in [-0.25, -0.2) is 9.18 Å². The monoisotopic (exact) mass is 513 g/mol. The van der Waals surface area contributed by atoms with Gasteiger partial charge in [0, 0.05) is 38.0 Å². The Labute approximate surface area is 221 Å². The minimum absolute atomic E-state index is 0.0426. The van der Waals surface area contributed by atoms with Crippen LogP contribution < -0.4 is 0 Å². The average molecular weight is 514 g/mol. The second-order valence-corrected chi connectivity index (χ2v) is 12.8. The third-order valence-electron chi connectivity index (χ3n) is 9.95. The van der Waals surface area contributed by atoms with Gasteiger partial charge in [0.15, 0.2) is 0 Å². The lowest BCUT2D eigenvalue weighted by Gasteiger charge is -2.51. The van der Waals surface area contributed by atoms with Crippen LogP contribution in [0.5, 0.6) is 0 Å². The molecule has 3 saturated heterocycles. The Morgan fingerprint density at radius 3 is 2.32 bits per heavy atom. The zero-order valence-electron chi connectivity index (χ0n) is 22.9. The lowest BCUT2D eigenvalue weighted by molar-refractivity contribution is -0.141. The molecule has 1 aromatic rings. The first-order valence-corrected chi connectivity index (χ1v) is 14.4. The number of likely N-dealkylation sites (tertiary alicyclic amines) is 2. The molecular formula is C30H44FN3O3. The van der Waals surface area contributed by atoms with Crippen LogP contribution in [0.25, 0.3) is 0 Å². The molecule has 0 spiro atoms. The molecule has 3 aliphatic heterocycles. The molecule has 0 N–H and O–H groups in total. The van der Waals surface area contributed by atoms with Crippen molar-refractivity contribution in [1.29, 1.82) is 0 Å². The molecule has 204 valence electrons. The smallest absolute Gasteiger partial charge is 0.410 e. The van der Waals surface area contributed by atoms with Gasteiger partial charge in [0.2, 0.25) is 5.91 Å². The van der Waals surface area contributed by atoms with E-state index in [1.807, 2.05) is 17.0 Å². The number of halogens is 1. The second-order valence-electron chi connectivity index (χ2n) is 12.8. The van der Waals surface area contributed by atoms with Gasteiger partial charge in [0.05, 0.1) is 5.54 Å². The summed E-state index contributed by atoms with van der Waals surface area (Å²) in [5, 5.41) is 0. The number of nitrogens with zero attached hydrogens (tertiary/aromatic N) is 3. The van der Waals surface area contributed by atoms with Gasteiger partial charge in [-0.05, 0) is 88.6 Å². The van der Waals surface area contributed by atoms with Crippen LogP contribution in [0, 0.1) is 23.1 Å². The van der Waals surface area contributed by atoms with Crippen LogP contribution in [0.2, 0.25) is 0 Å². The summed E-state index contributed by atoms with van der Waals surface area (Å²) >= 11 is 0. The number of likely N-dealkylation sites (N-methyl/N-ethyl adjacent to an activating group) is 1. The van der Waals surface area contributed by atoms with E-state index in [1.54, 1.807) is 0 Å². The fraction of sp³-hybridized carbons (Fsp3) is 0.733. The maximum absolute atomic E-state index is 13.9. The molecule has 0 radical (unpaired) electrons. The van der Waals surface area contributed by atoms with Crippen molar-refractivity contribution in [2.45, 2.75) is 76.7 Å². The summed E-state index contributed by atoms with van der Waals surface area (Å²) in [5.41, 5.74) is 0.804. The molecule has 6 nitrogen and oxygen atoms in total. The first-order chi connectivity index (χ1) is 17.7. The molecule has 4 fully saturated rings. The van der Waals surface area contributed by atoms with E-state index in [4.69, 9.17) is 4.74 Å².